The lowest BCUT2D eigenvalue weighted by Crippen LogP contribution is -2.08. The summed E-state index contributed by atoms with van der Waals surface area (Å²) in [5.74, 6) is -0.289. The molecule has 2 aromatic rings. The van der Waals surface area contributed by atoms with Gasteiger partial charge in [0.1, 0.15) is 5.82 Å². The first-order valence-corrected chi connectivity index (χ1v) is 4.74. The third kappa shape index (κ3) is 1.38. The van der Waals surface area contributed by atoms with Gasteiger partial charge in [-0.25, -0.2) is 4.39 Å². The Labute approximate surface area is 86.1 Å². The van der Waals surface area contributed by atoms with Crippen molar-refractivity contribution in [3.05, 3.63) is 35.2 Å². The Morgan fingerprint density at radius 1 is 1.43 bits per heavy atom. The molecule has 0 fully saturated rings. The van der Waals surface area contributed by atoms with E-state index >= 15 is 0 Å². The molecule has 0 spiro atoms. The first-order chi connectivity index (χ1) is 6.74. The maximum Gasteiger partial charge on any atom is 0.134 e. The highest BCUT2D eigenvalue weighted by Gasteiger charge is 2.09. The van der Waals surface area contributed by atoms with Crippen molar-refractivity contribution < 1.29 is 4.39 Å². The van der Waals surface area contributed by atoms with Crippen molar-refractivity contribution in [2.24, 2.45) is 5.73 Å². The van der Waals surface area contributed by atoms with E-state index in [1.165, 1.54) is 6.07 Å². The minimum Gasteiger partial charge on any atom is -0.345 e. The SMILES string of the molecule is NCCn1cc(Cl)c2c(F)cccc21. The molecule has 2 N–H and O–H groups in total. The smallest absolute Gasteiger partial charge is 0.134 e. The molecular formula is C10H10ClFN2. The third-order valence-electron chi connectivity index (χ3n) is 2.18. The van der Waals surface area contributed by atoms with Gasteiger partial charge in [0, 0.05) is 19.3 Å². The maximum absolute atomic E-state index is 13.4. The maximum atomic E-state index is 13.4. The highest BCUT2D eigenvalue weighted by atomic mass is 35.5. The van der Waals surface area contributed by atoms with E-state index in [0.717, 1.165) is 5.52 Å². The second kappa shape index (κ2) is 3.59. The Morgan fingerprint density at radius 2 is 2.21 bits per heavy atom. The first-order valence-electron chi connectivity index (χ1n) is 4.37. The van der Waals surface area contributed by atoms with Crippen LogP contribution >= 0.6 is 11.6 Å². The summed E-state index contributed by atoms with van der Waals surface area (Å²) in [6.07, 6.45) is 1.71. The van der Waals surface area contributed by atoms with Crippen molar-refractivity contribution in [2.75, 3.05) is 6.54 Å². The average Bonchev–Trinajstić information content (AvgIpc) is 2.46. The third-order valence-corrected chi connectivity index (χ3v) is 2.47. The Morgan fingerprint density at radius 3 is 2.93 bits per heavy atom. The number of benzene rings is 1. The summed E-state index contributed by atoms with van der Waals surface area (Å²) in [4.78, 5) is 0. The van der Waals surface area contributed by atoms with E-state index < -0.39 is 0 Å². The van der Waals surface area contributed by atoms with Gasteiger partial charge >= 0.3 is 0 Å². The lowest BCUT2D eigenvalue weighted by atomic mass is 10.2. The van der Waals surface area contributed by atoms with Gasteiger partial charge in [-0.05, 0) is 12.1 Å². The van der Waals surface area contributed by atoms with Crippen LogP contribution in [0.5, 0.6) is 0 Å². The fourth-order valence-corrected chi connectivity index (χ4v) is 1.89. The molecule has 0 aliphatic heterocycles. The van der Waals surface area contributed by atoms with Crippen LogP contribution in [0.3, 0.4) is 0 Å². The normalized spacial score (nSPS) is 11.1. The number of nitrogens with two attached hydrogens (primary N) is 1. The molecule has 1 heterocycles. The number of halogens is 2. The zero-order chi connectivity index (χ0) is 10.1. The molecule has 74 valence electrons. The van der Waals surface area contributed by atoms with Gasteiger partial charge in [-0.2, -0.15) is 0 Å². The van der Waals surface area contributed by atoms with E-state index in [1.54, 1.807) is 12.3 Å². The lowest BCUT2D eigenvalue weighted by molar-refractivity contribution is 0.639. The van der Waals surface area contributed by atoms with Crippen molar-refractivity contribution in [3.8, 4) is 0 Å². The average molecular weight is 213 g/mol. The van der Waals surface area contributed by atoms with Crippen LogP contribution in [0.15, 0.2) is 24.4 Å². The van der Waals surface area contributed by atoms with Gasteiger partial charge in [0.15, 0.2) is 0 Å². The molecule has 2 rings (SSSR count). The zero-order valence-electron chi connectivity index (χ0n) is 7.50. The van der Waals surface area contributed by atoms with Crippen molar-refractivity contribution >= 4 is 22.5 Å². The van der Waals surface area contributed by atoms with Gasteiger partial charge in [-0.3, -0.25) is 0 Å². The number of rotatable bonds is 2. The molecule has 1 aromatic carbocycles. The summed E-state index contributed by atoms with van der Waals surface area (Å²) >= 11 is 5.92. The van der Waals surface area contributed by atoms with Crippen LogP contribution in [0.1, 0.15) is 0 Å². The molecule has 1 aromatic heterocycles. The number of fused-ring (bicyclic) bond motifs is 1. The van der Waals surface area contributed by atoms with Crippen LogP contribution in [0.25, 0.3) is 10.9 Å². The van der Waals surface area contributed by atoms with Gasteiger partial charge < -0.3 is 10.3 Å². The topological polar surface area (TPSA) is 30.9 Å². The first kappa shape index (κ1) is 9.49. The molecule has 0 radical (unpaired) electrons. The van der Waals surface area contributed by atoms with Crippen LogP contribution in [-0.4, -0.2) is 11.1 Å². The monoisotopic (exact) mass is 212 g/mol. The summed E-state index contributed by atoms with van der Waals surface area (Å²) < 4.78 is 15.2. The number of aromatic nitrogens is 1. The summed E-state index contributed by atoms with van der Waals surface area (Å²) in [6, 6.07) is 4.90. The molecule has 14 heavy (non-hydrogen) atoms. The van der Waals surface area contributed by atoms with Gasteiger partial charge in [0.05, 0.1) is 15.9 Å². The van der Waals surface area contributed by atoms with E-state index in [4.69, 9.17) is 17.3 Å². The Bertz CT molecular complexity index is 464. The van der Waals surface area contributed by atoms with Crippen LogP contribution in [0.2, 0.25) is 5.02 Å². The van der Waals surface area contributed by atoms with E-state index in [1.807, 2.05) is 10.6 Å². The Balaban J connectivity index is 2.71. The van der Waals surface area contributed by atoms with Crippen molar-refractivity contribution in [3.63, 3.8) is 0 Å². The van der Waals surface area contributed by atoms with Crippen LogP contribution in [-0.2, 0) is 6.54 Å². The van der Waals surface area contributed by atoms with E-state index in [2.05, 4.69) is 0 Å². The minimum absolute atomic E-state index is 0.289. The van der Waals surface area contributed by atoms with Crippen LogP contribution in [0.4, 0.5) is 4.39 Å². The number of hydrogen-bond donors (Lipinski definition) is 1. The lowest BCUT2D eigenvalue weighted by Gasteiger charge is -2.01. The number of hydrogen-bond acceptors (Lipinski definition) is 1. The highest BCUT2D eigenvalue weighted by Crippen LogP contribution is 2.27. The van der Waals surface area contributed by atoms with E-state index in [-0.39, 0.29) is 5.82 Å². The summed E-state index contributed by atoms with van der Waals surface area (Å²) in [5.41, 5.74) is 6.23. The Kier molecular flexibility index (Phi) is 2.44. The standard InChI is InChI=1S/C10H10ClFN2/c11-7-6-14(5-4-13)9-3-1-2-8(12)10(7)9/h1-3,6H,4-5,13H2. The minimum atomic E-state index is -0.289. The molecule has 0 bridgehead atoms. The zero-order valence-corrected chi connectivity index (χ0v) is 8.26. The fourth-order valence-electron chi connectivity index (χ4n) is 1.58. The van der Waals surface area contributed by atoms with E-state index in [9.17, 15) is 4.39 Å². The quantitative estimate of drug-likeness (QED) is 0.814. The molecule has 0 unspecified atom stereocenters. The predicted molar refractivity (Wildman–Crippen MR) is 56.0 cm³/mol. The molecule has 4 heteroatoms. The second-order valence-corrected chi connectivity index (χ2v) is 3.50. The molecule has 0 atom stereocenters. The van der Waals surface area contributed by atoms with Gasteiger partial charge in [0.2, 0.25) is 0 Å². The molecule has 0 aliphatic rings. The van der Waals surface area contributed by atoms with Crippen molar-refractivity contribution in [2.45, 2.75) is 6.54 Å². The molecule has 0 saturated heterocycles. The largest absolute Gasteiger partial charge is 0.345 e. The van der Waals surface area contributed by atoms with Crippen LogP contribution in [0, 0.1) is 5.82 Å². The molecule has 0 amide bonds. The Hall–Kier alpha value is -1.06. The number of nitrogens with zero attached hydrogens (tertiary/aromatic N) is 1. The predicted octanol–water partition coefficient (Wildman–Crippen LogP) is 2.39. The summed E-state index contributed by atoms with van der Waals surface area (Å²) in [6.45, 7) is 1.16. The highest BCUT2D eigenvalue weighted by molar-refractivity contribution is 6.35. The molecule has 0 saturated carbocycles. The van der Waals surface area contributed by atoms with Crippen molar-refractivity contribution in [1.82, 2.24) is 4.57 Å². The van der Waals surface area contributed by atoms with Gasteiger partial charge in [-0.15, -0.1) is 0 Å². The van der Waals surface area contributed by atoms with Gasteiger partial charge in [-0.1, -0.05) is 17.7 Å². The molecule has 0 aliphatic carbocycles. The van der Waals surface area contributed by atoms with Crippen LogP contribution < -0.4 is 5.73 Å². The van der Waals surface area contributed by atoms with E-state index in [0.29, 0.717) is 23.5 Å². The fraction of sp³-hybridized carbons (Fsp3) is 0.200. The van der Waals surface area contributed by atoms with Gasteiger partial charge in [0.25, 0.3) is 0 Å². The van der Waals surface area contributed by atoms with Crippen molar-refractivity contribution in [1.29, 1.82) is 0 Å². The summed E-state index contributed by atoms with van der Waals surface area (Å²) in [7, 11) is 0. The molecular weight excluding hydrogens is 203 g/mol. The summed E-state index contributed by atoms with van der Waals surface area (Å²) in [5, 5.41) is 0.911. The molecule has 2 nitrogen and oxygen atoms in total. The second-order valence-electron chi connectivity index (χ2n) is 3.09.